The molecule has 1 amide bonds. The number of anilines is 2. The van der Waals surface area contributed by atoms with Crippen molar-refractivity contribution in [3.63, 3.8) is 0 Å². The van der Waals surface area contributed by atoms with E-state index in [0.29, 0.717) is 24.5 Å². The standard InChI is InChI=1S/C22H18N4O3S/c23-16-25-14-18-10-7-13-21(20(18)15-25)26(19-11-5-2-6-12-19)30(28,29)24-22(27)17-8-3-1-4-9-17/h1-13H,14-15H2,(H,24,27). The molecule has 0 aliphatic carbocycles. The molecule has 3 aromatic rings. The van der Waals surface area contributed by atoms with E-state index >= 15 is 0 Å². The van der Waals surface area contributed by atoms with Gasteiger partial charge < -0.3 is 4.90 Å². The number of amides is 1. The average Bonchev–Trinajstić information content (AvgIpc) is 3.19. The molecule has 150 valence electrons. The molecule has 1 aliphatic heterocycles. The Bertz CT molecular complexity index is 1220. The van der Waals surface area contributed by atoms with Gasteiger partial charge in [0.1, 0.15) is 0 Å². The summed E-state index contributed by atoms with van der Waals surface area (Å²) in [6.45, 7) is 0.715. The summed E-state index contributed by atoms with van der Waals surface area (Å²) in [5.74, 6) is -0.720. The number of hydrogen-bond donors (Lipinski definition) is 1. The number of hydrogen-bond acceptors (Lipinski definition) is 5. The highest BCUT2D eigenvalue weighted by Crippen LogP contribution is 2.36. The van der Waals surface area contributed by atoms with Gasteiger partial charge in [0, 0.05) is 11.1 Å². The van der Waals surface area contributed by atoms with Gasteiger partial charge in [0.05, 0.1) is 24.5 Å². The highest BCUT2D eigenvalue weighted by Gasteiger charge is 2.31. The maximum Gasteiger partial charge on any atom is 0.330 e. The molecule has 30 heavy (non-hydrogen) atoms. The van der Waals surface area contributed by atoms with Crippen molar-refractivity contribution in [1.29, 1.82) is 5.26 Å². The Hall–Kier alpha value is -3.83. The molecule has 0 saturated heterocycles. The lowest BCUT2D eigenvalue weighted by molar-refractivity contribution is 0.0981. The number of carbonyl (C=O) groups is 1. The summed E-state index contributed by atoms with van der Waals surface area (Å²) in [6.07, 6.45) is 2.10. The lowest BCUT2D eigenvalue weighted by Crippen LogP contribution is -2.41. The first kappa shape index (κ1) is 19.5. The molecule has 8 heteroatoms. The van der Waals surface area contributed by atoms with E-state index in [1.807, 2.05) is 6.07 Å². The first-order chi connectivity index (χ1) is 14.5. The van der Waals surface area contributed by atoms with Crippen molar-refractivity contribution in [3.8, 4) is 6.19 Å². The second kappa shape index (κ2) is 7.89. The van der Waals surface area contributed by atoms with Crippen LogP contribution in [0.4, 0.5) is 11.4 Å². The van der Waals surface area contributed by atoms with Gasteiger partial charge in [0.15, 0.2) is 6.19 Å². The smallest absolute Gasteiger partial charge is 0.302 e. The quantitative estimate of drug-likeness (QED) is 0.642. The van der Waals surface area contributed by atoms with Crippen LogP contribution in [-0.2, 0) is 23.3 Å². The number of rotatable bonds is 5. The molecule has 7 nitrogen and oxygen atoms in total. The van der Waals surface area contributed by atoms with Crippen molar-refractivity contribution in [1.82, 2.24) is 9.62 Å². The van der Waals surface area contributed by atoms with E-state index in [1.165, 1.54) is 0 Å². The van der Waals surface area contributed by atoms with Crippen LogP contribution in [0.25, 0.3) is 0 Å². The molecule has 1 heterocycles. The number of nitrogens with one attached hydrogen (secondary N) is 1. The molecule has 4 rings (SSSR count). The van der Waals surface area contributed by atoms with Gasteiger partial charge in [-0.3, -0.25) is 4.79 Å². The van der Waals surface area contributed by atoms with E-state index in [9.17, 15) is 18.5 Å². The molecule has 0 fully saturated rings. The summed E-state index contributed by atoms with van der Waals surface area (Å²) < 4.78 is 30.0. The van der Waals surface area contributed by atoms with Crippen LogP contribution in [0.2, 0.25) is 0 Å². The van der Waals surface area contributed by atoms with E-state index in [1.54, 1.807) is 77.7 Å². The van der Waals surface area contributed by atoms with Crippen molar-refractivity contribution in [2.24, 2.45) is 0 Å². The normalized spacial score (nSPS) is 12.7. The number of benzene rings is 3. The van der Waals surface area contributed by atoms with Gasteiger partial charge in [-0.2, -0.15) is 13.7 Å². The van der Waals surface area contributed by atoms with Gasteiger partial charge in [-0.1, -0.05) is 48.5 Å². The first-order valence-corrected chi connectivity index (χ1v) is 10.7. The number of fused-ring (bicyclic) bond motifs is 1. The van der Waals surface area contributed by atoms with Crippen molar-refractivity contribution < 1.29 is 13.2 Å². The van der Waals surface area contributed by atoms with Crippen molar-refractivity contribution >= 4 is 27.5 Å². The van der Waals surface area contributed by atoms with Gasteiger partial charge in [0.2, 0.25) is 0 Å². The summed E-state index contributed by atoms with van der Waals surface area (Å²) in [6, 6.07) is 22.0. The largest absolute Gasteiger partial charge is 0.330 e. The van der Waals surface area contributed by atoms with Crippen molar-refractivity contribution in [2.45, 2.75) is 13.1 Å². The Balaban J connectivity index is 1.79. The number of para-hydroxylation sites is 1. The fourth-order valence-electron chi connectivity index (χ4n) is 3.45. The van der Waals surface area contributed by atoms with Crippen molar-refractivity contribution in [3.05, 3.63) is 95.6 Å². The molecule has 0 bridgehead atoms. The first-order valence-electron chi connectivity index (χ1n) is 9.22. The maximum atomic E-state index is 13.4. The molecule has 1 N–H and O–H groups in total. The van der Waals surface area contributed by atoms with E-state index in [4.69, 9.17) is 0 Å². The topological polar surface area (TPSA) is 93.5 Å². The fourth-order valence-corrected chi connectivity index (χ4v) is 4.72. The monoisotopic (exact) mass is 418 g/mol. The predicted octanol–water partition coefficient (Wildman–Crippen LogP) is 3.30. The molecule has 3 aromatic carbocycles. The number of carbonyl (C=O) groups excluding carboxylic acids is 1. The van der Waals surface area contributed by atoms with Crippen LogP contribution >= 0.6 is 0 Å². The molecule has 0 saturated carbocycles. The number of nitriles is 1. The summed E-state index contributed by atoms with van der Waals surface area (Å²) in [7, 11) is -4.29. The van der Waals surface area contributed by atoms with Crippen LogP contribution in [0.5, 0.6) is 0 Å². The Morgan fingerprint density at radius 1 is 0.933 bits per heavy atom. The Labute approximate surface area is 175 Å². The molecular weight excluding hydrogens is 400 g/mol. The third kappa shape index (κ3) is 3.71. The van der Waals surface area contributed by atoms with Gasteiger partial charge in [-0.25, -0.2) is 9.03 Å². The second-order valence-electron chi connectivity index (χ2n) is 6.77. The van der Waals surface area contributed by atoms with Gasteiger partial charge >= 0.3 is 10.2 Å². The molecule has 0 atom stereocenters. The highest BCUT2D eigenvalue weighted by atomic mass is 32.2. The molecule has 1 aliphatic rings. The molecule has 0 aromatic heterocycles. The molecule has 0 radical (unpaired) electrons. The van der Waals surface area contributed by atoms with E-state index < -0.39 is 16.1 Å². The van der Waals surface area contributed by atoms with Crippen LogP contribution < -0.4 is 9.03 Å². The lowest BCUT2D eigenvalue weighted by Gasteiger charge is -2.26. The zero-order valence-corrected chi connectivity index (χ0v) is 16.7. The van der Waals surface area contributed by atoms with Gasteiger partial charge in [-0.15, -0.1) is 0 Å². The zero-order valence-electron chi connectivity index (χ0n) is 15.9. The van der Waals surface area contributed by atoms with Gasteiger partial charge in [-0.05, 0) is 35.9 Å². The minimum absolute atomic E-state index is 0.239. The van der Waals surface area contributed by atoms with E-state index in [2.05, 4.69) is 10.9 Å². The Kier molecular flexibility index (Phi) is 5.12. The van der Waals surface area contributed by atoms with Crippen LogP contribution in [0.1, 0.15) is 21.5 Å². The van der Waals surface area contributed by atoms with Crippen LogP contribution in [0, 0.1) is 11.5 Å². The predicted molar refractivity (Wildman–Crippen MR) is 113 cm³/mol. The Morgan fingerprint density at radius 2 is 1.60 bits per heavy atom. The molecule has 0 unspecified atom stereocenters. The maximum absolute atomic E-state index is 13.4. The van der Waals surface area contributed by atoms with E-state index in [-0.39, 0.29) is 5.56 Å². The average molecular weight is 418 g/mol. The fraction of sp³-hybridized carbons (Fsp3) is 0.0909. The third-order valence-corrected chi connectivity index (χ3v) is 6.14. The minimum Gasteiger partial charge on any atom is -0.302 e. The third-order valence-electron chi connectivity index (χ3n) is 4.81. The minimum atomic E-state index is -4.29. The highest BCUT2D eigenvalue weighted by molar-refractivity contribution is 7.91. The molecule has 0 spiro atoms. The summed E-state index contributed by atoms with van der Waals surface area (Å²) in [5, 5.41) is 9.28. The number of nitrogens with zero attached hydrogens (tertiary/aromatic N) is 3. The van der Waals surface area contributed by atoms with Crippen LogP contribution in [-0.4, -0.2) is 19.2 Å². The van der Waals surface area contributed by atoms with E-state index in [0.717, 1.165) is 15.4 Å². The lowest BCUT2D eigenvalue weighted by atomic mass is 10.1. The van der Waals surface area contributed by atoms with Crippen molar-refractivity contribution in [2.75, 3.05) is 4.31 Å². The Morgan fingerprint density at radius 3 is 2.27 bits per heavy atom. The zero-order chi connectivity index (χ0) is 21.1. The second-order valence-corrected chi connectivity index (χ2v) is 8.29. The summed E-state index contributed by atoms with van der Waals surface area (Å²) in [4.78, 5) is 14.1. The van der Waals surface area contributed by atoms with Crippen LogP contribution in [0.3, 0.4) is 0 Å². The SMILES string of the molecule is N#CN1Cc2cccc(N(c3ccccc3)S(=O)(=O)NC(=O)c3ccccc3)c2C1. The van der Waals surface area contributed by atoms with Gasteiger partial charge in [0.25, 0.3) is 5.91 Å². The van der Waals surface area contributed by atoms with Crippen LogP contribution in [0.15, 0.2) is 78.9 Å². The summed E-state index contributed by atoms with van der Waals surface area (Å²) >= 11 is 0. The summed E-state index contributed by atoms with van der Waals surface area (Å²) in [5.41, 5.74) is 2.64. The molecular formula is C22H18N4O3S.